The standard InChI is InChI=1S/C17H21N7O2/c1-10-6-11-15(12(7-10)26-3)20-17(18)24-16(11)19-13(21-24)8-23-5-4-22(2)14(25)9-23/h6-7H,4-5,8-9H2,1-3H3,(H2,18,20). The van der Waals surface area contributed by atoms with E-state index >= 15 is 0 Å². The Kier molecular flexibility index (Phi) is 3.87. The molecule has 0 bridgehead atoms. The van der Waals surface area contributed by atoms with Crippen molar-refractivity contribution in [3.05, 3.63) is 23.5 Å². The van der Waals surface area contributed by atoms with Gasteiger partial charge < -0.3 is 15.4 Å². The number of nitrogens with zero attached hydrogens (tertiary/aromatic N) is 6. The van der Waals surface area contributed by atoms with E-state index in [1.165, 1.54) is 0 Å². The van der Waals surface area contributed by atoms with Crippen molar-refractivity contribution >= 4 is 28.4 Å². The zero-order valence-electron chi connectivity index (χ0n) is 15.1. The van der Waals surface area contributed by atoms with Crippen LogP contribution in [0, 0.1) is 6.92 Å². The van der Waals surface area contributed by atoms with Gasteiger partial charge >= 0.3 is 0 Å². The Bertz CT molecular complexity index is 1010. The number of aromatic nitrogens is 4. The largest absolute Gasteiger partial charge is 0.494 e. The molecule has 1 amide bonds. The number of carbonyl (C=O) groups is 1. The van der Waals surface area contributed by atoms with Crippen LogP contribution in [-0.2, 0) is 11.3 Å². The predicted molar refractivity (Wildman–Crippen MR) is 96.9 cm³/mol. The molecule has 0 atom stereocenters. The Balaban J connectivity index is 1.77. The second-order valence-electron chi connectivity index (χ2n) is 6.62. The summed E-state index contributed by atoms with van der Waals surface area (Å²) in [4.78, 5) is 24.8. The number of hydrogen-bond donors (Lipinski definition) is 1. The second kappa shape index (κ2) is 6.10. The topological polar surface area (TPSA) is 102 Å². The normalized spacial score (nSPS) is 16.0. The molecule has 1 fully saturated rings. The number of hydrogen-bond acceptors (Lipinski definition) is 7. The SMILES string of the molecule is COc1cc(C)cc2c1nc(N)n1nc(CN3CCN(C)C(=O)C3)nc21. The summed E-state index contributed by atoms with van der Waals surface area (Å²) >= 11 is 0. The summed E-state index contributed by atoms with van der Waals surface area (Å²) in [5.41, 5.74) is 8.44. The van der Waals surface area contributed by atoms with E-state index in [1.807, 2.05) is 31.0 Å². The zero-order chi connectivity index (χ0) is 18.4. The van der Waals surface area contributed by atoms with E-state index in [4.69, 9.17) is 10.5 Å². The highest BCUT2D eigenvalue weighted by molar-refractivity contribution is 5.96. The van der Waals surface area contributed by atoms with Crippen LogP contribution in [0.1, 0.15) is 11.4 Å². The van der Waals surface area contributed by atoms with E-state index in [-0.39, 0.29) is 11.9 Å². The van der Waals surface area contributed by atoms with Crippen LogP contribution in [0.3, 0.4) is 0 Å². The van der Waals surface area contributed by atoms with Crippen LogP contribution >= 0.6 is 0 Å². The molecule has 2 N–H and O–H groups in total. The third kappa shape index (κ3) is 2.70. The Morgan fingerprint density at radius 1 is 1.27 bits per heavy atom. The lowest BCUT2D eigenvalue weighted by Crippen LogP contribution is -2.48. The van der Waals surface area contributed by atoms with Gasteiger partial charge in [-0.05, 0) is 24.6 Å². The second-order valence-corrected chi connectivity index (χ2v) is 6.62. The van der Waals surface area contributed by atoms with Crippen molar-refractivity contribution in [2.24, 2.45) is 0 Å². The highest BCUT2D eigenvalue weighted by Gasteiger charge is 2.23. The number of amides is 1. The molecule has 4 rings (SSSR count). The van der Waals surface area contributed by atoms with Gasteiger partial charge in [0, 0.05) is 25.5 Å². The number of fused-ring (bicyclic) bond motifs is 3. The van der Waals surface area contributed by atoms with Gasteiger partial charge in [0.25, 0.3) is 0 Å². The molecule has 3 heterocycles. The third-order valence-corrected chi connectivity index (χ3v) is 4.68. The molecule has 1 aromatic carbocycles. The Morgan fingerprint density at radius 3 is 2.81 bits per heavy atom. The van der Waals surface area contributed by atoms with Crippen LogP contribution in [0.15, 0.2) is 12.1 Å². The minimum Gasteiger partial charge on any atom is -0.494 e. The molecule has 0 spiro atoms. The summed E-state index contributed by atoms with van der Waals surface area (Å²) in [6, 6.07) is 3.91. The average Bonchev–Trinajstić information content (AvgIpc) is 3.03. The van der Waals surface area contributed by atoms with Gasteiger partial charge in [-0.2, -0.15) is 4.52 Å². The van der Waals surface area contributed by atoms with Gasteiger partial charge in [-0.15, -0.1) is 5.10 Å². The maximum absolute atomic E-state index is 11.9. The number of likely N-dealkylation sites (N-methyl/N-ethyl adjacent to an activating group) is 1. The fraction of sp³-hybridized carbons (Fsp3) is 0.412. The first kappa shape index (κ1) is 16.5. The van der Waals surface area contributed by atoms with Crippen LogP contribution in [-0.4, -0.2) is 69.1 Å². The summed E-state index contributed by atoms with van der Waals surface area (Å²) in [7, 11) is 3.42. The van der Waals surface area contributed by atoms with E-state index in [0.29, 0.717) is 42.4 Å². The van der Waals surface area contributed by atoms with Crippen molar-refractivity contribution < 1.29 is 9.53 Å². The Labute approximate surface area is 150 Å². The molecule has 0 aliphatic carbocycles. The molecule has 3 aromatic rings. The molecule has 0 saturated carbocycles. The number of ether oxygens (including phenoxy) is 1. The van der Waals surface area contributed by atoms with Crippen LogP contribution < -0.4 is 10.5 Å². The van der Waals surface area contributed by atoms with Crippen molar-refractivity contribution in [3.8, 4) is 5.75 Å². The summed E-state index contributed by atoms with van der Waals surface area (Å²) < 4.78 is 6.99. The van der Waals surface area contributed by atoms with Gasteiger partial charge in [0.2, 0.25) is 11.9 Å². The Hall–Kier alpha value is -2.94. The van der Waals surface area contributed by atoms with Gasteiger partial charge in [-0.1, -0.05) is 0 Å². The molecule has 1 saturated heterocycles. The lowest BCUT2D eigenvalue weighted by atomic mass is 10.1. The monoisotopic (exact) mass is 355 g/mol. The smallest absolute Gasteiger partial charge is 0.236 e. The molecule has 136 valence electrons. The van der Waals surface area contributed by atoms with Crippen LogP contribution in [0.5, 0.6) is 5.75 Å². The van der Waals surface area contributed by atoms with Crippen LogP contribution in [0.4, 0.5) is 5.95 Å². The van der Waals surface area contributed by atoms with Crippen LogP contribution in [0.25, 0.3) is 16.6 Å². The first-order valence-corrected chi connectivity index (χ1v) is 8.42. The highest BCUT2D eigenvalue weighted by Crippen LogP contribution is 2.29. The fourth-order valence-corrected chi connectivity index (χ4v) is 3.25. The van der Waals surface area contributed by atoms with Crippen molar-refractivity contribution in [1.29, 1.82) is 0 Å². The minimum atomic E-state index is 0.104. The van der Waals surface area contributed by atoms with Gasteiger partial charge in [0.05, 0.1) is 20.2 Å². The number of nitrogens with two attached hydrogens (primary N) is 1. The van der Waals surface area contributed by atoms with E-state index in [0.717, 1.165) is 17.5 Å². The van der Waals surface area contributed by atoms with Crippen molar-refractivity contribution in [1.82, 2.24) is 29.4 Å². The van der Waals surface area contributed by atoms with E-state index in [9.17, 15) is 4.79 Å². The summed E-state index contributed by atoms with van der Waals surface area (Å²) in [6.07, 6.45) is 0. The van der Waals surface area contributed by atoms with Gasteiger partial charge in [0.15, 0.2) is 11.5 Å². The summed E-state index contributed by atoms with van der Waals surface area (Å²) in [6.45, 7) is 4.34. The minimum absolute atomic E-state index is 0.104. The number of anilines is 1. The maximum atomic E-state index is 11.9. The van der Waals surface area contributed by atoms with E-state index in [2.05, 4.69) is 15.1 Å². The Morgan fingerprint density at radius 2 is 2.08 bits per heavy atom. The number of rotatable bonds is 3. The molecular weight excluding hydrogens is 334 g/mol. The fourth-order valence-electron chi connectivity index (χ4n) is 3.25. The lowest BCUT2D eigenvalue weighted by Gasteiger charge is -2.30. The summed E-state index contributed by atoms with van der Waals surface area (Å²) in [5.74, 6) is 1.63. The molecule has 2 aromatic heterocycles. The number of carbonyl (C=O) groups excluding carboxylic acids is 1. The first-order chi connectivity index (χ1) is 12.5. The number of benzene rings is 1. The van der Waals surface area contributed by atoms with Crippen molar-refractivity contribution in [2.45, 2.75) is 13.5 Å². The molecule has 0 radical (unpaired) electrons. The third-order valence-electron chi connectivity index (χ3n) is 4.68. The van der Waals surface area contributed by atoms with Crippen molar-refractivity contribution in [3.63, 3.8) is 0 Å². The van der Waals surface area contributed by atoms with Gasteiger partial charge in [-0.25, -0.2) is 9.97 Å². The van der Waals surface area contributed by atoms with Crippen LogP contribution in [0.2, 0.25) is 0 Å². The lowest BCUT2D eigenvalue weighted by molar-refractivity contribution is -0.134. The average molecular weight is 355 g/mol. The molecule has 9 nitrogen and oxygen atoms in total. The number of nitrogen functional groups attached to an aromatic ring is 1. The predicted octanol–water partition coefficient (Wildman–Crippen LogP) is 0.451. The molecule has 26 heavy (non-hydrogen) atoms. The number of piperazine rings is 1. The number of aryl methyl sites for hydroxylation is 1. The summed E-state index contributed by atoms with van der Waals surface area (Å²) in [5, 5.41) is 5.33. The molecular formula is C17H21N7O2. The molecule has 1 aliphatic rings. The van der Waals surface area contributed by atoms with E-state index in [1.54, 1.807) is 16.5 Å². The highest BCUT2D eigenvalue weighted by atomic mass is 16.5. The number of methoxy groups -OCH3 is 1. The zero-order valence-corrected chi connectivity index (χ0v) is 15.1. The molecule has 1 aliphatic heterocycles. The van der Waals surface area contributed by atoms with Gasteiger partial charge in [0.1, 0.15) is 11.3 Å². The maximum Gasteiger partial charge on any atom is 0.236 e. The molecule has 9 heteroatoms. The van der Waals surface area contributed by atoms with E-state index < -0.39 is 0 Å². The van der Waals surface area contributed by atoms with Gasteiger partial charge in [-0.3, -0.25) is 9.69 Å². The van der Waals surface area contributed by atoms with Crippen molar-refractivity contribution in [2.75, 3.05) is 39.5 Å². The molecule has 0 unspecified atom stereocenters. The quantitative estimate of drug-likeness (QED) is 0.728. The first-order valence-electron chi connectivity index (χ1n) is 8.42.